The van der Waals surface area contributed by atoms with E-state index in [0.29, 0.717) is 39.9 Å². The zero-order valence-corrected chi connectivity index (χ0v) is 19.4. The number of benzene rings is 3. The maximum atomic E-state index is 12.6. The van der Waals surface area contributed by atoms with Crippen molar-refractivity contribution in [1.29, 1.82) is 0 Å². The van der Waals surface area contributed by atoms with Crippen molar-refractivity contribution in [1.82, 2.24) is 10.2 Å². The maximum Gasteiger partial charge on any atom is 0.257 e. The van der Waals surface area contributed by atoms with E-state index in [4.69, 9.17) is 9.47 Å². The minimum atomic E-state index is -0.310. The molecule has 3 aromatic carbocycles. The van der Waals surface area contributed by atoms with E-state index < -0.39 is 0 Å². The third-order valence-corrected chi connectivity index (χ3v) is 5.77. The van der Waals surface area contributed by atoms with Crippen LogP contribution in [0.4, 0.5) is 10.8 Å². The molecule has 0 aliphatic carbocycles. The fraction of sp³-hybridized carbons (Fsp3) is 0.120. The standard InChI is InChI=1S/C25H22N4O4S/c1-32-20-13-8-16(14-21(20)33-2)15-22-28-29-25(34-22)27-24(31)18-9-11-19(12-10-18)26-23(30)17-6-4-3-5-7-17/h3-14H,15H2,1-2H3,(H,26,30)(H,27,29,31). The lowest BCUT2D eigenvalue weighted by molar-refractivity contribution is 0.102. The lowest BCUT2D eigenvalue weighted by atomic mass is 10.1. The van der Waals surface area contributed by atoms with Crippen LogP contribution in [0.5, 0.6) is 11.5 Å². The number of rotatable bonds is 8. The molecule has 0 fully saturated rings. The van der Waals surface area contributed by atoms with Gasteiger partial charge < -0.3 is 14.8 Å². The Balaban J connectivity index is 1.36. The van der Waals surface area contributed by atoms with Gasteiger partial charge in [-0.1, -0.05) is 35.6 Å². The van der Waals surface area contributed by atoms with Gasteiger partial charge in [-0.05, 0) is 54.1 Å². The van der Waals surface area contributed by atoms with Crippen molar-refractivity contribution in [2.75, 3.05) is 24.9 Å². The zero-order valence-electron chi connectivity index (χ0n) is 18.6. The Kier molecular flexibility index (Phi) is 7.14. The van der Waals surface area contributed by atoms with Crippen molar-refractivity contribution in [2.45, 2.75) is 6.42 Å². The minimum Gasteiger partial charge on any atom is -0.493 e. The van der Waals surface area contributed by atoms with Gasteiger partial charge in [0.1, 0.15) is 5.01 Å². The average molecular weight is 475 g/mol. The van der Waals surface area contributed by atoms with Crippen LogP contribution < -0.4 is 20.1 Å². The lowest BCUT2D eigenvalue weighted by Crippen LogP contribution is -2.13. The van der Waals surface area contributed by atoms with E-state index >= 15 is 0 Å². The molecule has 172 valence electrons. The molecule has 2 amide bonds. The summed E-state index contributed by atoms with van der Waals surface area (Å²) in [6.45, 7) is 0. The fourth-order valence-corrected chi connectivity index (χ4v) is 3.98. The zero-order chi connectivity index (χ0) is 23.9. The number of methoxy groups -OCH3 is 2. The van der Waals surface area contributed by atoms with Gasteiger partial charge in [-0.15, -0.1) is 10.2 Å². The SMILES string of the molecule is COc1ccc(Cc2nnc(NC(=O)c3ccc(NC(=O)c4ccccc4)cc3)s2)cc1OC. The molecule has 0 bridgehead atoms. The van der Waals surface area contributed by atoms with Crippen molar-refractivity contribution in [2.24, 2.45) is 0 Å². The van der Waals surface area contributed by atoms with E-state index in [1.54, 1.807) is 62.8 Å². The number of hydrogen-bond donors (Lipinski definition) is 2. The molecular formula is C25H22N4O4S. The third-order valence-electron chi connectivity index (χ3n) is 4.93. The molecule has 0 saturated heterocycles. The lowest BCUT2D eigenvalue weighted by Gasteiger charge is -2.08. The molecule has 0 radical (unpaired) electrons. The Bertz CT molecular complexity index is 1290. The Morgan fingerprint density at radius 1 is 0.794 bits per heavy atom. The van der Waals surface area contributed by atoms with Crippen LogP contribution in [-0.2, 0) is 6.42 Å². The summed E-state index contributed by atoms with van der Waals surface area (Å²) in [6.07, 6.45) is 0.545. The molecule has 9 heteroatoms. The molecule has 8 nitrogen and oxygen atoms in total. The first kappa shape index (κ1) is 22.9. The Labute approximate surface area is 200 Å². The second-order valence-corrected chi connectivity index (χ2v) is 8.28. The molecule has 0 spiro atoms. The Morgan fingerprint density at radius 2 is 1.47 bits per heavy atom. The van der Waals surface area contributed by atoms with E-state index in [9.17, 15) is 9.59 Å². The molecule has 1 aromatic heterocycles. The van der Waals surface area contributed by atoms with Crippen molar-refractivity contribution in [3.8, 4) is 11.5 Å². The fourth-order valence-electron chi connectivity index (χ4n) is 3.21. The summed E-state index contributed by atoms with van der Waals surface area (Å²) in [7, 11) is 3.18. The van der Waals surface area contributed by atoms with Crippen LogP contribution in [0.1, 0.15) is 31.3 Å². The topological polar surface area (TPSA) is 102 Å². The number of nitrogens with one attached hydrogen (secondary N) is 2. The van der Waals surface area contributed by atoms with Gasteiger partial charge in [0.15, 0.2) is 11.5 Å². The molecule has 0 aliphatic rings. The summed E-state index contributed by atoms with van der Waals surface area (Å²) in [4.78, 5) is 24.9. The molecule has 2 N–H and O–H groups in total. The molecule has 34 heavy (non-hydrogen) atoms. The highest BCUT2D eigenvalue weighted by Gasteiger charge is 2.13. The third kappa shape index (κ3) is 5.57. The van der Waals surface area contributed by atoms with Gasteiger partial charge in [-0.25, -0.2) is 0 Å². The summed E-state index contributed by atoms with van der Waals surface area (Å²) in [5.74, 6) is 0.770. The summed E-state index contributed by atoms with van der Waals surface area (Å²) >= 11 is 1.30. The first-order valence-corrected chi connectivity index (χ1v) is 11.2. The summed E-state index contributed by atoms with van der Waals surface area (Å²) in [5, 5.41) is 15.0. The average Bonchev–Trinajstić information content (AvgIpc) is 3.31. The highest BCUT2D eigenvalue weighted by molar-refractivity contribution is 7.15. The molecule has 1 heterocycles. The summed E-state index contributed by atoms with van der Waals surface area (Å²) < 4.78 is 10.6. The summed E-state index contributed by atoms with van der Waals surface area (Å²) in [6, 6.07) is 21.2. The van der Waals surface area contributed by atoms with Crippen molar-refractivity contribution in [3.63, 3.8) is 0 Å². The van der Waals surface area contributed by atoms with E-state index in [2.05, 4.69) is 20.8 Å². The van der Waals surface area contributed by atoms with Crippen LogP contribution in [-0.4, -0.2) is 36.2 Å². The number of carbonyl (C=O) groups excluding carboxylic acids is 2. The highest BCUT2D eigenvalue weighted by atomic mass is 32.1. The number of anilines is 2. The number of nitrogens with zero attached hydrogens (tertiary/aromatic N) is 2. The molecule has 0 saturated carbocycles. The van der Waals surface area contributed by atoms with Gasteiger partial charge in [0.2, 0.25) is 5.13 Å². The van der Waals surface area contributed by atoms with Crippen LogP contribution in [0.25, 0.3) is 0 Å². The maximum absolute atomic E-state index is 12.6. The van der Waals surface area contributed by atoms with E-state index in [1.807, 2.05) is 24.3 Å². The van der Waals surface area contributed by atoms with Crippen LogP contribution >= 0.6 is 11.3 Å². The number of ether oxygens (including phenoxy) is 2. The van der Waals surface area contributed by atoms with Gasteiger partial charge in [-0.3, -0.25) is 14.9 Å². The second-order valence-electron chi connectivity index (χ2n) is 7.22. The van der Waals surface area contributed by atoms with Crippen LogP contribution in [0, 0.1) is 0 Å². The normalized spacial score (nSPS) is 10.4. The second kappa shape index (κ2) is 10.6. The van der Waals surface area contributed by atoms with Gasteiger partial charge in [0, 0.05) is 23.2 Å². The van der Waals surface area contributed by atoms with Crippen LogP contribution in [0.2, 0.25) is 0 Å². The molecule has 4 rings (SSSR count). The Hall–Kier alpha value is -4.24. The molecule has 0 aliphatic heterocycles. The molecule has 0 atom stereocenters. The highest BCUT2D eigenvalue weighted by Crippen LogP contribution is 2.29. The van der Waals surface area contributed by atoms with Crippen molar-refractivity contribution < 1.29 is 19.1 Å². The predicted octanol–water partition coefficient (Wildman–Crippen LogP) is 4.65. The smallest absolute Gasteiger partial charge is 0.257 e. The number of hydrogen-bond acceptors (Lipinski definition) is 7. The van der Waals surface area contributed by atoms with E-state index in [1.165, 1.54) is 11.3 Å². The quantitative estimate of drug-likeness (QED) is 0.385. The molecule has 4 aromatic rings. The first-order valence-electron chi connectivity index (χ1n) is 10.4. The number of carbonyl (C=O) groups is 2. The van der Waals surface area contributed by atoms with Gasteiger partial charge in [0.05, 0.1) is 14.2 Å². The predicted molar refractivity (Wildman–Crippen MR) is 131 cm³/mol. The van der Waals surface area contributed by atoms with Gasteiger partial charge in [0.25, 0.3) is 11.8 Å². The first-order chi connectivity index (χ1) is 16.6. The minimum absolute atomic E-state index is 0.214. The summed E-state index contributed by atoms with van der Waals surface area (Å²) in [5.41, 5.74) is 2.58. The van der Waals surface area contributed by atoms with Crippen molar-refractivity contribution >= 4 is 34.0 Å². The van der Waals surface area contributed by atoms with Crippen molar-refractivity contribution in [3.05, 3.63) is 94.5 Å². The van der Waals surface area contributed by atoms with Crippen LogP contribution in [0.15, 0.2) is 72.8 Å². The number of amides is 2. The van der Waals surface area contributed by atoms with Gasteiger partial charge >= 0.3 is 0 Å². The van der Waals surface area contributed by atoms with E-state index in [0.717, 1.165) is 10.6 Å². The molecule has 0 unspecified atom stereocenters. The van der Waals surface area contributed by atoms with E-state index in [-0.39, 0.29) is 11.8 Å². The largest absolute Gasteiger partial charge is 0.493 e. The molecular weight excluding hydrogens is 452 g/mol. The van der Waals surface area contributed by atoms with Crippen LogP contribution in [0.3, 0.4) is 0 Å². The van der Waals surface area contributed by atoms with Gasteiger partial charge in [-0.2, -0.15) is 0 Å². The monoisotopic (exact) mass is 474 g/mol. The Morgan fingerprint density at radius 3 is 2.18 bits per heavy atom. The number of aromatic nitrogens is 2.